The van der Waals surface area contributed by atoms with Crippen LogP contribution in [0.5, 0.6) is 11.5 Å². The van der Waals surface area contributed by atoms with Crippen LogP contribution in [0.15, 0.2) is 24.3 Å². The van der Waals surface area contributed by atoms with Crippen LogP contribution in [0, 0.1) is 34.3 Å². The first-order valence-corrected chi connectivity index (χ1v) is 6.19. The fourth-order valence-corrected chi connectivity index (χ4v) is 1.99. The number of halogens is 4. The molecule has 0 aliphatic heterocycles. The zero-order chi connectivity index (χ0) is 15.6. The Hall–Kier alpha value is -2.34. The minimum atomic E-state index is -0.940. The average Bonchev–Trinajstić information content (AvgIpc) is 2.47. The summed E-state index contributed by atoms with van der Waals surface area (Å²) >= 11 is 11.8. The van der Waals surface area contributed by atoms with E-state index in [1.807, 2.05) is 0 Å². The van der Waals surface area contributed by atoms with E-state index in [9.17, 15) is 8.78 Å². The lowest BCUT2D eigenvalue weighted by atomic mass is 10.1. The third-order valence-corrected chi connectivity index (χ3v) is 3.39. The highest BCUT2D eigenvalue weighted by Gasteiger charge is 2.19. The van der Waals surface area contributed by atoms with Crippen molar-refractivity contribution >= 4 is 23.2 Å². The number of nitriles is 2. The van der Waals surface area contributed by atoms with Crippen molar-refractivity contribution in [1.82, 2.24) is 0 Å². The van der Waals surface area contributed by atoms with Crippen LogP contribution < -0.4 is 4.74 Å². The summed E-state index contributed by atoms with van der Waals surface area (Å²) in [6, 6.07) is 7.74. The normalized spacial score (nSPS) is 9.81. The van der Waals surface area contributed by atoms with Crippen LogP contribution in [-0.4, -0.2) is 0 Å². The molecule has 0 unspecified atom stereocenters. The van der Waals surface area contributed by atoms with Crippen LogP contribution in [0.25, 0.3) is 0 Å². The highest BCUT2D eigenvalue weighted by Crippen LogP contribution is 2.39. The minimum Gasteiger partial charge on any atom is -0.449 e. The van der Waals surface area contributed by atoms with Crippen LogP contribution >= 0.6 is 23.2 Å². The molecule has 21 heavy (non-hydrogen) atoms. The maximum atomic E-state index is 13.5. The smallest absolute Gasteiger partial charge is 0.198 e. The van der Waals surface area contributed by atoms with E-state index in [0.717, 1.165) is 18.2 Å². The topological polar surface area (TPSA) is 56.8 Å². The van der Waals surface area contributed by atoms with Crippen molar-refractivity contribution in [2.75, 3.05) is 0 Å². The minimum absolute atomic E-state index is 0.112. The summed E-state index contributed by atoms with van der Waals surface area (Å²) in [6.07, 6.45) is 0. The molecule has 0 saturated carbocycles. The first kappa shape index (κ1) is 15.1. The number of ether oxygens (including phenoxy) is 1. The lowest BCUT2D eigenvalue weighted by Crippen LogP contribution is -1.96. The Kier molecular flexibility index (Phi) is 4.28. The third kappa shape index (κ3) is 2.75. The maximum absolute atomic E-state index is 13.5. The number of hydrogen-bond acceptors (Lipinski definition) is 3. The van der Waals surface area contributed by atoms with Crippen LogP contribution in [0.4, 0.5) is 8.78 Å². The predicted octanol–water partition coefficient (Wildman–Crippen LogP) is 4.81. The molecule has 2 aromatic carbocycles. The van der Waals surface area contributed by atoms with Gasteiger partial charge < -0.3 is 4.74 Å². The number of rotatable bonds is 2. The molecule has 7 heteroatoms. The second-order valence-electron chi connectivity index (χ2n) is 3.80. The van der Waals surface area contributed by atoms with Gasteiger partial charge in [0.15, 0.2) is 17.4 Å². The van der Waals surface area contributed by atoms with Crippen molar-refractivity contribution in [3.05, 3.63) is 57.1 Å². The number of nitrogens with zero attached hydrogens (tertiary/aromatic N) is 2. The van der Waals surface area contributed by atoms with Crippen LogP contribution in [0.2, 0.25) is 10.0 Å². The lowest BCUT2D eigenvalue weighted by molar-refractivity contribution is 0.407. The Labute approximate surface area is 128 Å². The summed E-state index contributed by atoms with van der Waals surface area (Å²) in [5.74, 6) is -2.78. The summed E-state index contributed by atoms with van der Waals surface area (Å²) in [5, 5.41) is 17.4. The maximum Gasteiger partial charge on any atom is 0.198 e. The van der Waals surface area contributed by atoms with Crippen molar-refractivity contribution in [3.8, 4) is 23.6 Å². The first-order valence-electron chi connectivity index (χ1n) is 5.43. The molecule has 2 rings (SSSR count). The van der Waals surface area contributed by atoms with E-state index in [0.29, 0.717) is 0 Å². The van der Waals surface area contributed by atoms with Gasteiger partial charge in [0, 0.05) is 6.07 Å². The Morgan fingerprint density at radius 1 is 1.00 bits per heavy atom. The molecule has 2 aromatic rings. The van der Waals surface area contributed by atoms with E-state index in [1.165, 1.54) is 6.07 Å². The van der Waals surface area contributed by atoms with E-state index in [1.54, 1.807) is 12.1 Å². The molecule has 0 bridgehead atoms. The number of hydrogen-bond donors (Lipinski definition) is 0. The standard InChI is InChI=1S/C14H4Cl2F2N2O/c15-12-8(6-20)7(5-19)4-11(13(12)16)21-14-9(17)2-1-3-10(14)18/h1-4H. The van der Waals surface area contributed by atoms with Crippen molar-refractivity contribution < 1.29 is 13.5 Å². The van der Waals surface area contributed by atoms with Gasteiger partial charge in [-0.15, -0.1) is 0 Å². The van der Waals surface area contributed by atoms with Gasteiger partial charge in [0.25, 0.3) is 0 Å². The third-order valence-electron chi connectivity index (χ3n) is 2.54. The molecule has 0 radical (unpaired) electrons. The van der Waals surface area contributed by atoms with E-state index in [2.05, 4.69) is 0 Å². The molecule has 0 amide bonds. The average molecular weight is 325 g/mol. The van der Waals surface area contributed by atoms with Gasteiger partial charge in [-0.05, 0) is 12.1 Å². The summed E-state index contributed by atoms with van der Waals surface area (Å²) in [6.45, 7) is 0. The van der Waals surface area contributed by atoms with Crippen LogP contribution in [0.3, 0.4) is 0 Å². The van der Waals surface area contributed by atoms with E-state index in [4.69, 9.17) is 38.5 Å². The summed E-state index contributed by atoms with van der Waals surface area (Å²) in [4.78, 5) is 0. The number of benzene rings is 2. The summed E-state index contributed by atoms with van der Waals surface area (Å²) < 4.78 is 32.1. The van der Waals surface area contributed by atoms with Gasteiger partial charge in [-0.2, -0.15) is 10.5 Å². The first-order chi connectivity index (χ1) is 9.99. The van der Waals surface area contributed by atoms with Crippen molar-refractivity contribution in [3.63, 3.8) is 0 Å². The van der Waals surface area contributed by atoms with E-state index in [-0.39, 0.29) is 26.9 Å². The highest BCUT2D eigenvalue weighted by molar-refractivity contribution is 6.43. The molecular formula is C14H4Cl2F2N2O. The van der Waals surface area contributed by atoms with Crippen LogP contribution in [-0.2, 0) is 0 Å². The second-order valence-corrected chi connectivity index (χ2v) is 4.56. The van der Waals surface area contributed by atoms with Gasteiger partial charge in [0.1, 0.15) is 22.9 Å². The zero-order valence-electron chi connectivity index (χ0n) is 10.1. The molecule has 104 valence electrons. The monoisotopic (exact) mass is 324 g/mol. The van der Waals surface area contributed by atoms with Gasteiger partial charge >= 0.3 is 0 Å². The van der Waals surface area contributed by atoms with E-state index < -0.39 is 17.4 Å². The van der Waals surface area contributed by atoms with Gasteiger partial charge in [0.05, 0.1) is 16.1 Å². The molecule has 0 aliphatic rings. The van der Waals surface area contributed by atoms with Gasteiger partial charge in [-0.3, -0.25) is 0 Å². The highest BCUT2D eigenvalue weighted by atomic mass is 35.5. The van der Waals surface area contributed by atoms with Crippen LogP contribution in [0.1, 0.15) is 11.1 Å². The number of para-hydroxylation sites is 1. The Morgan fingerprint density at radius 2 is 1.62 bits per heavy atom. The molecule has 0 saturated heterocycles. The molecule has 0 atom stereocenters. The fraction of sp³-hybridized carbons (Fsp3) is 0. The lowest BCUT2D eigenvalue weighted by Gasteiger charge is -2.11. The molecule has 0 aromatic heterocycles. The Morgan fingerprint density at radius 3 is 2.14 bits per heavy atom. The van der Waals surface area contributed by atoms with Gasteiger partial charge in [-0.25, -0.2) is 8.78 Å². The largest absolute Gasteiger partial charge is 0.449 e. The Balaban J connectivity index is 2.59. The van der Waals surface area contributed by atoms with Crippen molar-refractivity contribution in [2.45, 2.75) is 0 Å². The van der Waals surface area contributed by atoms with Gasteiger partial charge in [-0.1, -0.05) is 29.3 Å². The molecular weight excluding hydrogens is 321 g/mol. The molecule has 0 fully saturated rings. The van der Waals surface area contributed by atoms with Crippen molar-refractivity contribution in [2.24, 2.45) is 0 Å². The van der Waals surface area contributed by atoms with Gasteiger partial charge in [0.2, 0.25) is 0 Å². The molecule has 3 nitrogen and oxygen atoms in total. The molecule has 0 heterocycles. The Bertz CT molecular complexity index is 790. The molecule has 0 aliphatic carbocycles. The second kappa shape index (κ2) is 5.97. The predicted molar refractivity (Wildman–Crippen MR) is 72.3 cm³/mol. The summed E-state index contributed by atoms with van der Waals surface area (Å²) in [5.41, 5.74) is -0.246. The zero-order valence-corrected chi connectivity index (χ0v) is 11.6. The quantitative estimate of drug-likeness (QED) is 0.796. The fourth-order valence-electron chi connectivity index (χ4n) is 1.56. The molecule has 0 spiro atoms. The van der Waals surface area contributed by atoms with E-state index >= 15 is 0 Å². The molecule has 0 N–H and O–H groups in total. The van der Waals surface area contributed by atoms with Crippen molar-refractivity contribution in [1.29, 1.82) is 10.5 Å². The SMILES string of the molecule is N#Cc1cc(Oc2c(F)cccc2F)c(Cl)c(Cl)c1C#N. The summed E-state index contributed by atoms with van der Waals surface area (Å²) in [7, 11) is 0.